The maximum atomic E-state index is 12.4. The number of amides is 1. The van der Waals surface area contributed by atoms with Gasteiger partial charge in [0.1, 0.15) is 10.6 Å². The molecule has 0 atom stereocenters. The van der Waals surface area contributed by atoms with Gasteiger partial charge >= 0.3 is 0 Å². The SMILES string of the molecule is O=C1/C(=C/c2ccccc2)N=C2Sc3c(nc[nH]c3=O)N12. The predicted octanol–water partition coefficient (Wildman–Crippen LogP) is 1.62. The summed E-state index contributed by atoms with van der Waals surface area (Å²) in [5, 5.41) is 0.474. The molecule has 1 amide bonds. The number of fused-ring (bicyclic) bond motifs is 3. The molecule has 102 valence electrons. The first-order chi connectivity index (χ1) is 10.2. The number of amidine groups is 1. The number of hydrogen-bond donors (Lipinski definition) is 1. The van der Waals surface area contributed by atoms with Crippen molar-refractivity contribution in [3.63, 3.8) is 0 Å². The van der Waals surface area contributed by atoms with Crippen LogP contribution in [-0.4, -0.2) is 21.0 Å². The zero-order chi connectivity index (χ0) is 14.4. The summed E-state index contributed by atoms with van der Waals surface area (Å²) in [7, 11) is 0. The lowest BCUT2D eigenvalue weighted by Crippen LogP contribution is -2.28. The van der Waals surface area contributed by atoms with Crippen molar-refractivity contribution in [2.24, 2.45) is 4.99 Å². The standard InChI is InChI=1S/C14H8N4O2S/c19-12-10-11(15-7-16-12)18-13(20)9(17-14(18)21-10)6-8-4-2-1-3-5-8/h1-7H,(H,15,16,19)/b9-6-. The van der Waals surface area contributed by atoms with Gasteiger partial charge in [0.15, 0.2) is 11.0 Å². The molecule has 21 heavy (non-hydrogen) atoms. The normalized spacial score (nSPS) is 17.9. The topological polar surface area (TPSA) is 78.4 Å². The second-order valence-electron chi connectivity index (χ2n) is 4.46. The average molecular weight is 296 g/mol. The number of thioether (sulfide) groups is 1. The van der Waals surface area contributed by atoms with Crippen LogP contribution < -0.4 is 10.5 Å². The molecule has 1 aromatic heterocycles. The van der Waals surface area contributed by atoms with Crippen LogP contribution in [0.5, 0.6) is 0 Å². The van der Waals surface area contributed by atoms with E-state index < -0.39 is 0 Å². The van der Waals surface area contributed by atoms with Crippen LogP contribution in [0, 0.1) is 0 Å². The first-order valence-corrected chi connectivity index (χ1v) is 7.01. The number of hydrogen-bond acceptors (Lipinski definition) is 5. The van der Waals surface area contributed by atoms with E-state index in [0.29, 0.717) is 21.6 Å². The highest BCUT2D eigenvalue weighted by atomic mass is 32.2. The second-order valence-corrected chi connectivity index (χ2v) is 5.44. The Morgan fingerprint density at radius 1 is 1.19 bits per heavy atom. The molecule has 0 radical (unpaired) electrons. The molecule has 0 aliphatic carbocycles. The Morgan fingerprint density at radius 2 is 2.00 bits per heavy atom. The molecule has 0 unspecified atom stereocenters. The molecular formula is C14H8N4O2S. The number of H-pyrrole nitrogens is 1. The number of benzene rings is 1. The Morgan fingerprint density at radius 3 is 2.81 bits per heavy atom. The lowest BCUT2D eigenvalue weighted by molar-refractivity contribution is -0.113. The van der Waals surface area contributed by atoms with Gasteiger partial charge in [-0.3, -0.25) is 9.59 Å². The fourth-order valence-electron chi connectivity index (χ4n) is 2.18. The van der Waals surface area contributed by atoms with E-state index in [1.165, 1.54) is 11.2 Å². The Bertz CT molecular complexity index is 870. The van der Waals surface area contributed by atoms with Gasteiger partial charge in [-0.1, -0.05) is 30.3 Å². The van der Waals surface area contributed by atoms with Crippen molar-refractivity contribution >= 4 is 34.7 Å². The minimum Gasteiger partial charge on any atom is -0.312 e. The summed E-state index contributed by atoms with van der Waals surface area (Å²) in [4.78, 5) is 36.8. The Hall–Kier alpha value is -2.67. The van der Waals surface area contributed by atoms with Crippen LogP contribution in [-0.2, 0) is 4.79 Å². The maximum Gasteiger partial charge on any atom is 0.284 e. The Kier molecular flexibility index (Phi) is 2.55. The van der Waals surface area contributed by atoms with Gasteiger partial charge in [0.2, 0.25) is 0 Å². The highest BCUT2D eigenvalue weighted by Gasteiger charge is 2.41. The highest BCUT2D eigenvalue weighted by molar-refractivity contribution is 8.15. The molecule has 0 spiro atoms. The van der Waals surface area contributed by atoms with Crippen molar-refractivity contribution in [1.82, 2.24) is 9.97 Å². The maximum absolute atomic E-state index is 12.4. The lowest BCUT2D eigenvalue weighted by atomic mass is 10.2. The van der Waals surface area contributed by atoms with Gasteiger partial charge in [0, 0.05) is 0 Å². The quantitative estimate of drug-likeness (QED) is 0.811. The summed E-state index contributed by atoms with van der Waals surface area (Å²) in [6, 6.07) is 9.49. The molecule has 7 heteroatoms. The summed E-state index contributed by atoms with van der Waals surface area (Å²) < 4.78 is 0. The van der Waals surface area contributed by atoms with Gasteiger partial charge in [-0.15, -0.1) is 0 Å². The van der Waals surface area contributed by atoms with E-state index in [0.717, 1.165) is 17.3 Å². The zero-order valence-electron chi connectivity index (χ0n) is 10.6. The third kappa shape index (κ3) is 1.82. The number of nitrogens with one attached hydrogen (secondary N) is 1. The fraction of sp³-hybridized carbons (Fsp3) is 0. The Labute approximate surface area is 123 Å². The molecule has 0 saturated carbocycles. The van der Waals surface area contributed by atoms with Crippen LogP contribution in [0.2, 0.25) is 0 Å². The van der Waals surface area contributed by atoms with E-state index in [1.54, 1.807) is 6.08 Å². The van der Waals surface area contributed by atoms with Crippen LogP contribution in [0.4, 0.5) is 5.82 Å². The first kappa shape index (κ1) is 12.1. The molecule has 1 N–H and O–H groups in total. The van der Waals surface area contributed by atoms with E-state index in [2.05, 4.69) is 15.0 Å². The molecule has 4 rings (SSSR count). The molecule has 2 aromatic rings. The number of carbonyl (C=O) groups excluding carboxylic acids is 1. The molecule has 6 nitrogen and oxygen atoms in total. The van der Waals surface area contributed by atoms with Crippen LogP contribution in [0.25, 0.3) is 6.08 Å². The van der Waals surface area contributed by atoms with Crippen LogP contribution in [0.1, 0.15) is 5.56 Å². The van der Waals surface area contributed by atoms with Gasteiger partial charge < -0.3 is 4.98 Å². The molecule has 2 aliphatic heterocycles. The van der Waals surface area contributed by atoms with Crippen molar-refractivity contribution in [1.29, 1.82) is 0 Å². The lowest BCUT2D eigenvalue weighted by Gasteiger charge is -2.07. The van der Waals surface area contributed by atoms with Crippen molar-refractivity contribution in [3.05, 3.63) is 58.3 Å². The minimum atomic E-state index is -0.266. The van der Waals surface area contributed by atoms with E-state index in [9.17, 15) is 9.59 Å². The molecule has 0 fully saturated rings. The van der Waals surface area contributed by atoms with Gasteiger partial charge in [-0.05, 0) is 23.4 Å². The molecule has 2 aliphatic rings. The molecule has 3 heterocycles. The van der Waals surface area contributed by atoms with Gasteiger partial charge in [0.05, 0.1) is 6.33 Å². The molecule has 0 bridgehead atoms. The Balaban J connectivity index is 1.78. The zero-order valence-corrected chi connectivity index (χ0v) is 11.4. The number of aliphatic imine (C=N–C) groups is 1. The fourth-order valence-corrected chi connectivity index (χ4v) is 3.15. The summed E-state index contributed by atoms with van der Waals surface area (Å²) in [6.45, 7) is 0. The number of rotatable bonds is 1. The smallest absolute Gasteiger partial charge is 0.284 e. The number of aromatic amines is 1. The first-order valence-electron chi connectivity index (χ1n) is 6.19. The minimum absolute atomic E-state index is 0.261. The number of anilines is 1. The van der Waals surface area contributed by atoms with E-state index in [1.807, 2.05) is 30.3 Å². The van der Waals surface area contributed by atoms with Crippen molar-refractivity contribution in [2.75, 3.05) is 4.90 Å². The third-order valence-corrected chi connectivity index (χ3v) is 4.16. The van der Waals surface area contributed by atoms with Gasteiger partial charge in [-0.25, -0.2) is 14.9 Å². The predicted molar refractivity (Wildman–Crippen MR) is 80.1 cm³/mol. The number of carbonyl (C=O) groups is 1. The van der Waals surface area contributed by atoms with E-state index in [4.69, 9.17) is 0 Å². The largest absolute Gasteiger partial charge is 0.312 e. The second kappa shape index (κ2) is 4.42. The van der Waals surface area contributed by atoms with Gasteiger partial charge in [-0.2, -0.15) is 0 Å². The summed E-state index contributed by atoms with van der Waals surface area (Å²) in [6.07, 6.45) is 3.01. The van der Waals surface area contributed by atoms with E-state index >= 15 is 0 Å². The van der Waals surface area contributed by atoms with Crippen LogP contribution in [0.3, 0.4) is 0 Å². The number of aromatic nitrogens is 2. The van der Waals surface area contributed by atoms with Crippen LogP contribution >= 0.6 is 11.8 Å². The van der Waals surface area contributed by atoms with Crippen LogP contribution in [0.15, 0.2) is 57.0 Å². The molecule has 1 aromatic carbocycles. The van der Waals surface area contributed by atoms with Crippen molar-refractivity contribution < 1.29 is 4.79 Å². The monoisotopic (exact) mass is 296 g/mol. The summed E-state index contributed by atoms with van der Waals surface area (Å²) in [5.41, 5.74) is 0.982. The average Bonchev–Trinajstić information content (AvgIpc) is 2.99. The third-order valence-electron chi connectivity index (χ3n) is 3.13. The van der Waals surface area contributed by atoms with E-state index in [-0.39, 0.29) is 11.5 Å². The summed E-state index contributed by atoms with van der Waals surface area (Å²) >= 11 is 1.16. The molecular weight excluding hydrogens is 288 g/mol. The number of nitrogens with zero attached hydrogens (tertiary/aromatic N) is 3. The van der Waals surface area contributed by atoms with Gasteiger partial charge in [0.25, 0.3) is 11.5 Å². The van der Waals surface area contributed by atoms with Crippen molar-refractivity contribution in [3.8, 4) is 0 Å². The summed E-state index contributed by atoms with van der Waals surface area (Å²) in [5.74, 6) is 0.0853. The van der Waals surface area contributed by atoms with Crippen molar-refractivity contribution in [2.45, 2.75) is 4.90 Å². The highest BCUT2D eigenvalue weighted by Crippen LogP contribution is 2.40. The molecule has 0 saturated heterocycles.